The average molecular weight is 543 g/mol. The van der Waals surface area contributed by atoms with E-state index in [0.717, 1.165) is 37.1 Å². The van der Waals surface area contributed by atoms with Crippen molar-refractivity contribution in [2.75, 3.05) is 58.2 Å². The quantitative estimate of drug-likeness (QED) is 0.362. The lowest BCUT2D eigenvalue weighted by atomic mass is 10.2. The number of nitrogens with one attached hydrogen (secondary N) is 3. The number of piperazine rings is 1. The molecule has 3 aromatic rings. The zero-order valence-electron chi connectivity index (χ0n) is 21.3. The molecule has 1 aliphatic heterocycles. The zero-order valence-corrected chi connectivity index (χ0v) is 22.0. The summed E-state index contributed by atoms with van der Waals surface area (Å²) in [6.45, 7) is 4.65. The zero-order chi connectivity index (χ0) is 26.9. The molecule has 0 aliphatic carbocycles. The number of carbonyl (C=O) groups is 2. The number of hydrogen-bond acceptors (Lipinski definition) is 7. The molecule has 3 N–H and O–H groups in total. The lowest BCUT2D eigenvalue weighted by Gasteiger charge is -2.34. The van der Waals surface area contributed by atoms with Gasteiger partial charge in [-0.05, 0) is 48.3 Å². The molecule has 2 heterocycles. The van der Waals surface area contributed by atoms with E-state index in [9.17, 15) is 14.0 Å². The number of pyridine rings is 1. The highest BCUT2D eigenvalue weighted by atomic mass is 35.5. The molecular weight excluding hydrogens is 511 g/mol. The Kier molecular flexibility index (Phi) is 9.83. The number of nitrogens with zero attached hydrogens (tertiary/aromatic N) is 3. The van der Waals surface area contributed by atoms with Gasteiger partial charge in [-0.15, -0.1) is 0 Å². The number of benzene rings is 2. The van der Waals surface area contributed by atoms with Crippen molar-refractivity contribution >= 4 is 40.2 Å². The Labute approximate surface area is 226 Å². The summed E-state index contributed by atoms with van der Waals surface area (Å²) in [6, 6.07) is 13.0. The van der Waals surface area contributed by atoms with Gasteiger partial charge in [0.2, 0.25) is 5.91 Å². The molecule has 0 saturated carbocycles. The predicted octanol–water partition coefficient (Wildman–Crippen LogP) is 3.10. The first kappa shape index (κ1) is 27.7. The second-order valence-electron chi connectivity index (χ2n) is 9.35. The van der Waals surface area contributed by atoms with E-state index in [1.54, 1.807) is 24.4 Å². The van der Waals surface area contributed by atoms with E-state index in [1.165, 1.54) is 12.1 Å². The number of hydrogen-bond donors (Lipinski definition) is 3. The van der Waals surface area contributed by atoms with E-state index >= 15 is 0 Å². The average Bonchev–Trinajstić information content (AvgIpc) is 2.89. The number of amides is 2. The van der Waals surface area contributed by atoms with Gasteiger partial charge < -0.3 is 20.3 Å². The van der Waals surface area contributed by atoms with Crippen LogP contribution in [0.15, 0.2) is 54.7 Å². The number of ether oxygens (including phenoxy) is 1. The maximum absolute atomic E-state index is 13.6. The molecule has 1 saturated heterocycles. The minimum atomic E-state index is -0.706. The van der Waals surface area contributed by atoms with Crippen molar-refractivity contribution in [3.05, 3.63) is 71.1 Å². The van der Waals surface area contributed by atoms with Gasteiger partial charge in [-0.1, -0.05) is 29.8 Å². The number of anilines is 1. The summed E-state index contributed by atoms with van der Waals surface area (Å²) in [4.78, 5) is 33.8. The first-order chi connectivity index (χ1) is 18.4. The number of carbonyl (C=O) groups excluding carboxylic acids is 2. The van der Waals surface area contributed by atoms with E-state index in [-0.39, 0.29) is 30.7 Å². The fraction of sp³-hybridized carbons (Fsp3) is 0.370. The van der Waals surface area contributed by atoms with Gasteiger partial charge in [-0.2, -0.15) is 0 Å². The minimum absolute atomic E-state index is 0.0172. The van der Waals surface area contributed by atoms with Gasteiger partial charge in [0.15, 0.2) is 0 Å². The number of likely N-dealkylation sites (N-methyl/N-ethyl adjacent to an activating group) is 1. The van der Waals surface area contributed by atoms with Gasteiger partial charge in [-0.3, -0.25) is 15.0 Å². The second kappa shape index (κ2) is 13.5. The van der Waals surface area contributed by atoms with E-state index in [0.29, 0.717) is 23.5 Å². The van der Waals surface area contributed by atoms with Gasteiger partial charge in [0, 0.05) is 55.9 Å². The molecule has 9 nitrogen and oxygen atoms in total. The molecule has 202 valence electrons. The SMILES string of the molecule is CN1CCN(C[C@@H](COC(=O)Nc2cc3cc(F)ccc3cn2)NC(=O)CNCc2ccccc2Cl)CC1. The predicted molar refractivity (Wildman–Crippen MR) is 146 cm³/mol. The fourth-order valence-corrected chi connectivity index (χ4v) is 4.41. The molecule has 1 aliphatic rings. The van der Waals surface area contributed by atoms with Crippen LogP contribution in [-0.2, 0) is 16.1 Å². The molecule has 1 aromatic heterocycles. The van der Waals surface area contributed by atoms with Crippen LogP contribution in [0.2, 0.25) is 5.02 Å². The Morgan fingerprint density at radius 3 is 2.68 bits per heavy atom. The van der Waals surface area contributed by atoms with E-state index in [2.05, 4.69) is 37.8 Å². The molecule has 4 rings (SSSR count). The highest BCUT2D eigenvalue weighted by Crippen LogP contribution is 2.18. The Bertz CT molecular complexity index is 1250. The summed E-state index contributed by atoms with van der Waals surface area (Å²) < 4.78 is 19.0. The van der Waals surface area contributed by atoms with Gasteiger partial charge in [0.25, 0.3) is 0 Å². The lowest BCUT2D eigenvalue weighted by Crippen LogP contribution is -2.53. The van der Waals surface area contributed by atoms with Crippen molar-refractivity contribution in [1.29, 1.82) is 0 Å². The monoisotopic (exact) mass is 542 g/mol. The molecule has 11 heteroatoms. The van der Waals surface area contributed by atoms with Crippen LogP contribution in [0, 0.1) is 5.82 Å². The van der Waals surface area contributed by atoms with Gasteiger partial charge in [0.05, 0.1) is 12.6 Å². The number of rotatable bonds is 10. The van der Waals surface area contributed by atoms with E-state index in [4.69, 9.17) is 16.3 Å². The Morgan fingerprint density at radius 2 is 1.89 bits per heavy atom. The van der Waals surface area contributed by atoms with Gasteiger partial charge in [-0.25, -0.2) is 14.2 Å². The molecule has 1 fully saturated rings. The summed E-state index contributed by atoms with van der Waals surface area (Å²) >= 11 is 6.18. The van der Waals surface area contributed by atoms with Crippen LogP contribution in [0.3, 0.4) is 0 Å². The normalized spacial score (nSPS) is 15.2. The summed E-state index contributed by atoms with van der Waals surface area (Å²) in [5.74, 6) is -0.337. The summed E-state index contributed by atoms with van der Waals surface area (Å²) in [7, 11) is 2.07. The van der Waals surface area contributed by atoms with Crippen LogP contribution < -0.4 is 16.0 Å². The highest BCUT2D eigenvalue weighted by Gasteiger charge is 2.21. The molecule has 2 aromatic carbocycles. The summed E-state index contributed by atoms with van der Waals surface area (Å²) in [5, 5.41) is 10.7. The second-order valence-corrected chi connectivity index (χ2v) is 9.75. The van der Waals surface area contributed by atoms with Crippen molar-refractivity contribution < 1.29 is 18.7 Å². The first-order valence-electron chi connectivity index (χ1n) is 12.5. The molecule has 2 amide bonds. The van der Waals surface area contributed by atoms with Crippen molar-refractivity contribution in [2.24, 2.45) is 0 Å². The lowest BCUT2D eigenvalue weighted by molar-refractivity contribution is -0.121. The molecule has 1 atom stereocenters. The van der Waals surface area contributed by atoms with Crippen LogP contribution in [0.4, 0.5) is 15.0 Å². The number of fused-ring (bicyclic) bond motifs is 1. The van der Waals surface area contributed by atoms with Crippen molar-refractivity contribution in [2.45, 2.75) is 12.6 Å². The first-order valence-corrected chi connectivity index (χ1v) is 12.9. The highest BCUT2D eigenvalue weighted by molar-refractivity contribution is 6.31. The summed E-state index contributed by atoms with van der Waals surface area (Å²) in [6.07, 6.45) is 0.846. The third-order valence-corrected chi connectivity index (χ3v) is 6.70. The van der Waals surface area contributed by atoms with Crippen LogP contribution in [0.1, 0.15) is 5.56 Å². The third kappa shape index (κ3) is 8.35. The van der Waals surface area contributed by atoms with Crippen LogP contribution in [0.25, 0.3) is 10.8 Å². The molecular formula is C27H32ClFN6O3. The standard InChI is InChI=1S/C27H32ClFN6O3/c1-34-8-10-35(11-9-34)17-23(32-26(36)16-30-14-20-4-2-3-5-24(20)28)18-38-27(37)33-25-13-21-12-22(29)7-6-19(21)15-31-25/h2-7,12-13,15,23,30H,8-11,14,16-18H2,1H3,(H,32,36)(H,31,33,37)/t23-/m0/s1. The maximum atomic E-state index is 13.6. The molecule has 0 bridgehead atoms. The topological polar surface area (TPSA) is 98.8 Å². The smallest absolute Gasteiger partial charge is 0.412 e. The third-order valence-electron chi connectivity index (χ3n) is 6.33. The molecule has 0 radical (unpaired) electrons. The Morgan fingerprint density at radius 1 is 1.11 bits per heavy atom. The van der Waals surface area contributed by atoms with Crippen LogP contribution in [0.5, 0.6) is 0 Å². The van der Waals surface area contributed by atoms with Crippen molar-refractivity contribution in [1.82, 2.24) is 25.4 Å². The van der Waals surface area contributed by atoms with Gasteiger partial charge in [0.1, 0.15) is 18.2 Å². The number of aromatic nitrogens is 1. The van der Waals surface area contributed by atoms with Crippen LogP contribution in [-0.4, -0.2) is 85.7 Å². The van der Waals surface area contributed by atoms with Crippen molar-refractivity contribution in [3.8, 4) is 0 Å². The Balaban J connectivity index is 1.30. The van der Waals surface area contributed by atoms with Crippen LogP contribution >= 0.6 is 11.6 Å². The maximum Gasteiger partial charge on any atom is 0.412 e. The largest absolute Gasteiger partial charge is 0.447 e. The fourth-order valence-electron chi connectivity index (χ4n) is 4.21. The van der Waals surface area contributed by atoms with Gasteiger partial charge >= 0.3 is 6.09 Å². The number of halogens is 2. The van der Waals surface area contributed by atoms with E-state index in [1.807, 2.05) is 18.2 Å². The molecule has 0 unspecified atom stereocenters. The Hall–Kier alpha value is -3.31. The van der Waals surface area contributed by atoms with E-state index < -0.39 is 12.1 Å². The minimum Gasteiger partial charge on any atom is -0.447 e. The molecule has 38 heavy (non-hydrogen) atoms. The molecule has 0 spiro atoms. The summed E-state index contributed by atoms with van der Waals surface area (Å²) in [5.41, 5.74) is 0.904. The van der Waals surface area contributed by atoms with Crippen molar-refractivity contribution in [3.63, 3.8) is 0 Å².